The number of carbonyl (C=O) groups excluding carboxylic acids is 2. The van der Waals surface area contributed by atoms with Crippen molar-refractivity contribution in [1.29, 1.82) is 0 Å². The fourth-order valence-corrected chi connectivity index (χ4v) is 4.10. The average molecular weight is 404 g/mol. The number of thioether (sulfide) groups is 1. The second kappa shape index (κ2) is 9.11. The first kappa shape index (κ1) is 20.2. The molecule has 0 aliphatic carbocycles. The average Bonchev–Trinajstić information content (AvgIpc) is 3.01. The number of urea groups is 1. The largest absolute Gasteiger partial charge is 0.463 e. The van der Waals surface area contributed by atoms with Crippen LogP contribution in [0.1, 0.15) is 13.8 Å². The van der Waals surface area contributed by atoms with E-state index in [0.717, 1.165) is 16.2 Å². The third-order valence-electron chi connectivity index (χ3n) is 4.35. The SMILES string of the molecule is CCOC(=O)C1=C(CSc2nc3ccccc3n2CCOC)NC(=O)NC1C. The first-order chi connectivity index (χ1) is 13.5. The standard InChI is InChI=1S/C19H24N4O4S/c1-4-27-17(24)16-12(2)20-18(25)21-14(16)11-28-19-22-13-7-5-6-8-15(13)23(19)9-10-26-3/h5-8,12H,4,9-11H2,1-3H3,(H2,20,21,25). The molecular weight excluding hydrogens is 380 g/mol. The number of imidazole rings is 1. The number of amides is 2. The van der Waals surface area contributed by atoms with Crippen LogP contribution in [-0.2, 0) is 20.8 Å². The number of para-hydroxylation sites is 2. The molecule has 28 heavy (non-hydrogen) atoms. The minimum atomic E-state index is -0.425. The molecule has 1 aromatic heterocycles. The summed E-state index contributed by atoms with van der Waals surface area (Å²) in [5, 5.41) is 6.25. The Balaban J connectivity index is 1.89. The van der Waals surface area contributed by atoms with Crippen molar-refractivity contribution in [3.8, 4) is 0 Å². The minimum Gasteiger partial charge on any atom is -0.463 e. The van der Waals surface area contributed by atoms with Crippen LogP contribution in [0.3, 0.4) is 0 Å². The van der Waals surface area contributed by atoms with Gasteiger partial charge in [0, 0.05) is 25.1 Å². The van der Waals surface area contributed by atoms with Crippen LogP contribution in [-0.4, -0.2) is 53.7 Å². The van der Waals surface area contributed by atoms with Crippen molar-refractivity contribution in [2.24, 2.45) is 0 Å². The highest BCUT2D eigenvalue weighted by Gasteiger charge is 2.30. The molecule has 0 saturated carbocycles. The Kier molecular flexibility index (Phi) is 6.58. The topological polar surface area (TPSA) is 94.5 Å². The lowest BCUT2D eigenvalue weighted by Gasteiger charge is -2.26. The van der Waals surface area contributed by atoms with E-state index in [1.165, 1.54) is 11.8 Å². The summed E-state index contributed by atoms with van der Waals surface area (Å²) in [5.41, 5.74) is 2.89. The molecule has 8 nitrogen and oxygen atoms in total. The van der Waals surface area contributed by atoms with Crippen LogP contribution < -0.4 is 10.6 Å². The highest BCUT2D eigenvalue weighted by atomic mass is 32.2. The molecular formula is C19H24N4O4S. The van der Waals surface area contributed by atoms with Gasteiger partial charge in [-0.1, -0.05) is 23.9 Å². The summed E-state index contributed by atoms with van der Waals surface area (Å²) in [6.45, 7) is 5.01. The number of methoxy groups -OCH3 is 1. The lowest BCUT2D eigenvalue weighted by atomic mass is 10.1. The van der Waals surface area contributed by atoms with Gasteiger partial charge in [0.15, 0.2) is 5.16 Å². The summed E-state index contributed by atoms with van der Waals surface area (Å²) < 4.78 is 12.5. The van der Waals surface area contributed by atoms with Crippen molar-refractivity contribution in [3.05, 3.63) is 35.5 Å². The molecule has 2 heterocycles. The smallest absolute Gasteiger partial charge is 0.337 e. The molecule has 1 unspecified atom stereocenters. The van der Waals surface area contributed by atoms with Crippen LogP contribution >= 0.6 is 11.8 Å². The van der Waals surface area contributed by atoms with E-state index in [1.807, 2.05) is 24.3 Å². The Bertz CT molecular complexity index is 908. The van der Waals surface area contributed by atoms with Crippen molar-refractivity contribution in [2.45, 2.75) is 31.6 Å². The first-order valence-corrected chi connectivity index (χ1v) is 10.1. The van der Waals surface area contributed by atoms with E-state index >= 15 is 0 Å². The lowest BCUT2D eigenvalue weighted by Crippen LogP contribution is -2.49. The molecule has 2 aromatic rings. The Hall–Kier alpha value is -2.52. The Morgan fingerprint density at radius 1 is 1.36 bits per heavy atom. The highest BCUT2D eigenvalue weighted by molar-refractivity contribution is 7.99. The fraction of sp³-hybridized carbons (Fsp3) is 0.421. The normalized spacial score (nSPS) is 16.8. The van der Waals surface area contributed by atoms with E-state index < -0.39 is 12.0 Å². The Morgan fingerprint density at radius 2 is 2.14 bits per heavy atom. The number of nitrogens with one attached hydrogen (secondary N) is 2. The molecule has 0 fully saturated rings. The second-order valence-corrected chi connectivity index (χ2v) is 7.19. The van der Waals surface area contributed by atoms with Gasteiger partial charge in [-0.2, -0.15) is 0 Å². The third kappa shape index (κ3) is 4.31. The summed E-state index contributed by atoms with van der Waals surface area (Å²) >= 11 is 1.46. The van der Waals surface area contributed by atoms with E-state index in [2.05, 4.69) is 15.2 Å². The van der Waals surface area contributed by atoms with E-state index in [1.54, 1.807) is 21.0 Å². The van der Waals surface area contributed by atoms with E-state index in [-0.39, 0.29) is 12.6 Å². The van der Waals surface area contributed by atoms with Crippen LogP contribution in [0, 0.1) is 0 Å². The van der Waals surface area contributed by atoms with Crippen molar-refractivity contribution >= 4 is 34.8 Å². The number of fused-ring (bicyclic) bond motifs is 1. The lowest BCUT2D eigenvalue weighted by molar-refractivity contribution is -0.138. The maximum absolute atomic E-state index is 12.4. The van der Waals surface area contributed by atoms with Gasteiger partial charge in [-0.05, 0) is 26.0 Å². The van der Waals surface area contributed by atoms with Gasteiger partial charge in [0.1, 0.15) is 0 Å². The summed E-state index contributed by atoms with van der Waals surface area (Å²) in [6.07, 6.45) is 0. The van der Waals surface area contributed by atoms with Gasteiger partial charge in [-0.3, -0.25) is 0 Å². The molecule has 3 rings (SSSR count). The number of hydrogen-bond donors (Lipinski definition) is 2. The van der Waals surface area contributed by atoms with Crippen molar-refractivity contribution in [3.63, 3.8) is 0 Å². The molecule has 1 aliphatic rings. The second-order valence-electron chi connectivity index (χ2n) is 6.25. The molecule has 150 valence electrons. The van der Waals surface area contributed by atoms with E-state index in [0.29, 0.717) is 30.2 Å². The van der Waals surface area contributed by atoms with Crippen LogP contribution in [0.25, 0.3) is 11.0 Å². The van der Waals surface area contributed by atoms with Crippen molar-refractivity contribution in [1.82, 2.24) is 20.2 Å². The number of ether oxygens (including phenoxy) is 2. The summed E-state index contributed by atoms with van der Waals surface area (Å²) in [5.74, 6) is -0.0339. The molecule has 0 saturated heterocycles. The number of rotatable bonds is 8. The number of carbonyl (C=O) groups is 2. The van der Waals surface area contributed by atoms with Gasteiger partial charge in [0.25, 0.3) is 0 Å². The molecule has 0 radical (unpaired) electrons. The van der Waals surface area contributed by atoms with E-state index in [4.69, 9.17) is 14.5 Å². The van der Waals surface area contributed by atoms with Gasteiger partial charge >= 0.3 is 12.0 Å². The van der Waals surface area contributed by atoms with Gasteiger partial charge < -0.3 is 24.7 Å². The van der Waals surface area contributed by atoms with Gasteiger partial charge in [-0.15, -0.1) is 0 Å². The van der Waals surface area contributed by atoms with Gasteiger partial charge in [0.05, 0.1) is 35.9 Å². The van der Waals surface area contributed by atoms with Gasteiger partial charge in [0.2, 0.25) is 0 Å². The molecule has 0 bridgehead atoms. The molecule has 2 amide bonds. The number of aromatic nitrogens is 2. The van der Waals surface area contributed by atoms with Gasteiger partial charge in [-0.25, -0.2) is 14.6 Å². The molecule has 1 aliphatic heterocycles. The van der Waals surface area contributed by atoms with E-state index in [9.17, 15) is 9.59 Å². The molecule has 1 atom stereocenters. The zero-order valence-electron chi connectivity index (χ0n) is 16.2. The molecule has 9 heteroatoms. The molecule has 1 aromatic carbocycles. The fourth-order valence-electron chi connectivity index (χ4n) is 3.09. The van der Waals surface area contributed by atoms with Crippen LogP contribution in [0.5, 0.6) is 0 Å². The number of esters is 1. The Labute approximate surface area is 167 Å². The number of hydrogen-bond acceptors (Lipinski definition) is 6. The van der Waals surface area contributed by atoms with Crippen LogP contribution in [0.15, 0.2) is 40.7 Å². The monoisotopic (exact) mass is 404 g/mol. The maximum atomic E-state index is 12.4. The first-order valence-electron chi connectivity index (χ1n) is 9.09. The predicted molar refractivity (Wildman–Crippen MR) is 107 cm³/mol. The quantitative estimate of drug-likeness (QED) is 0.518. The zero-order valence-corrected chi connectivity index (χ0v) is 17.0. The van der Waals surface area contributed by atoms with Crippen LogP contribution in [0.2, 0.25) is 0 Å². The minimum absolute atomic E-state index is 0.274. The van der Waals surface area contributed by atoms with Crippen LogP contribution in [0.4, 0.5) is 4.79 Å². The third-order valence-corrected chi connectivity index (χ3v) is 5.35. The predicted octanol–water partition coefficient (Wildman–Crippen LogP) is 2.29. The molecule has 0 spiro atoms. The Morgan fingerprint density at radius 3 is 2.89 bits per heavy atom. The summed E-state index contributed by atoms with van der Waals surface area (Å²) in [6, 6.07) is 7.14. The van der Waals surface area contributed by atoms with Crippen molar-refractivity contribution < 1.29 is 19.1 Å². The highest BCUT2D eigenvalue weighted by Crippen LogP contribution is 2.27. The molecule has 2 N–H and O–H groups in total. The number of nitrogens with zero attached hydrogens (tertiary/aromatic N) is 2. The summed E-state index contributed by atoms with van der Waals surface area (Å²) in [7, 11) is 1.66. The maximum Gasteiger partial charge on any atom is 0.337 e. The van der Waals surface area contributed by atoms with Crippen molar-refractivity contribution in [2.75, 3.05) is 26.1 Å². The summed E-state index contributed by atoms with van der Waals surface area (Å²) in [4.78, 5) is 29.0. The zero-order chi connectivity index (χ0) is 20.1. The number of benzene rings is 1.